The maximum absolute atomic E-state index is 6.12. The number of benzene rings is 1. The first-order valence-corrected chi connectivity index (χ1v) is 5.99. The van der Waals surface area contributed by atoms with Crippen LogP contribution < -0.4 is 5.73 Å². The van der Waals surface area contributed by atoms with Crippen molar-refractivity contribution in [1.82, 2.24) is 9.55 Å². The number of imidazole rings is 1. The summed E-state index contributed by atoms with van der Waals surface area (Å²) in [7, 11) is 1.98. The zero-order chi connectivity index (χ0) is 12.3. The highest BCUT2D eigenvalue weighted by Crippen LogP contribution is 2.12. The SMILES string of the molecule is Cn1ccnc1CC(N)Cc1cccc(Cl)c1. The lowest BCUT2D eigenvalue weighted by molar-refractivity contribution is 0.622. The van der Waals surface area contributed by atoms with Crippen LogP contribution in [0.2, 0.25) is 5.02 Å². The molecular formula is C13H16ClN3. The molecule has 0 bridgehead atoms. The minimum Gasteiger partial charge on any atom is -0.338 e. The molecule has 3 nitrogen and oxygen atoms in total. The fourth-order valence-corrected chi connectivity index (χ4v) is 2.08. The van der Waals surface area contributed by atoms with Gasteiger partial charge >= 0.3 is 0 Å². The lowest BCUT2D eigenvalue weighted by Gasteiger charge is -2.11. The normalized spacial score (nSPS) is 12.6. The monoisotopic (exact) mass is 249 g/mol. The molecule has 0 aliphatic carbocycles. The Morgan fingerprint density at radius 2 is 2.24 bits per heavy atom. The smallest absolute Gasteiger partial charge is 0.109 e. The summed E-state index contributed by atoms with van der Waals surface area (Å²) >= 11 is 5.94. The summed E-state index contributed by atoms with van der Waals surface area (Å²) in [6, 6.07) is 7.89. The van der Waals surface area contributed by atoms with Crippen LogP contribution >= 0.6 is 11.6 Å². The average Bonchev–Trinajstić information content (AvgIpc) is 2.64. The Bertz CT molecular complexity index is 493. The van der Waals surface area contributed by atoms with Gasteiger partial charge in [0.15, 0.2) is 0 Å². The van der Waals surface area contributed by atoms with E-state index in [1.807, 2.05) is 42.1 Å². The summed E-state index contributed by atoms with van der Waals surface area (Å²) in [6.45, 7) is 0. The Kier molecular flexibility index (Phi) is 3.82. The van der Waals surface area contributed by atoms with Gasteiger partial charge in [-0.1, -0.05) is 23.7 Å². The van der Waals surface area contributed by atoms with E-state index in [2.05, 4.69) is 4.98 Å². The third-order valence-electron chi connectivity index (χ3n) is 2.75. The van der Waals surface area contributed by atoms with Crippen molar-refractivity contribution in [3.05, 3.63) is 53.1 Å². The molecule has 2 rings (SSSR count). The van der Waals surface area contributed by atoms with Crippen LogP contribution in [0.25, 0.3) is 0 Å². The molecule has 1 aromatic carbocycles. The van der Waals surface area contributed by atoms with Gasteiger partial charge in [0.1, 0.15) is 5.82 Å². The Morgan fingerprint density at radius 1 is 1.41 bits per heavy atom. The van der Waals surface area contributed by atoms with E-state index in [0.29, 0.717) is 0 Å². The highest BCUT2D eigenvalue weighted by Gasteiger charge is 2.08. The summed E-state index contributed by atoms with van der Waals surface area (Å²) in [5.74, 6) is 1.01. The van der Waals surface area contributed by atoms with Crippen molar-refractivity contribution < 1.29 is 0 Å². The molecule has 0 spiro atoms. The van der Waals surface area contributed by atoms with E-state index in [1.165, 1.54) is 5.56 Å². The fraction of sp³-hybridized carbons (Fsp3) is 0.308. The standard InChI is InChI=1S/C13H16ClN3/c1-17-6-5-16-13(17)9-12(15)8-10-3-2-4-11(14)7-10/h2-7,12H,8-9,15H2,1H3. The third-order valence-corrected chi connectivity index (χ3v) is 2.99. The lowest BCUT2D eigenvalue weighted by atomic mass is 10.0. The second-order valence-corrected chi connectivity index (χ2v) is 4.69. The molecule has 0 aliphatic rings. The average molecular weight is 250 g/mol. The Labute approximate surface area is 106 Å². The summed E-state index contributed by atoms with van der Waals surface area (Å²) in [4.78, 5) is 4.27. The maximum Gasteiger partial charge on any atom is 0.109 e. The molecule has 1 unspecified atom stereocenters. The summed E-state index contributed by atoms with van der Waals surface area (Å²) < 4.78 is 2.00. The molecule has 4 heteroatoms. The third kappa shape index (κ3) is 3.32. The number of aromatic nitrogens is 2. The minimum absolute atomic E-state index is 0.0644. The van der Waals surface area contributed by atoms with Gasteiger partial charge in [-0.05, 0) is 24.1 Å². The van der Waals surface area contributed by atoms with Gasteiger partial charge in [-0.25, -0.2) is 4.98 Å². The van der Waals surface area contributed by atoms with Crippen molar-refractivity contribution in [1.29, 1.82) is 0 Å². The molecule has 2 N–H and O–H groups in total. The van der Waals surface area contributed by atoms with Crippen LogP contribution in [0.3, 0.4) is 0 Å². The molecule has 2 aromatic rings. The Morgan fingerprint density at radius 3 is 2.88 bits per heavy atom. The topological polar surface area (TPSA) is 43.8 Å². The molecular weight excluding hydrogens is 234 g/mol. The molecule has 0 amide bonds. The van der Waals surface area contributed by atoms with Crippen molar-refractivity contribution in [2.75, 3.05) is 0 Å². The molecule has 0 fully saturated rings. The van der Waals surface area contributed by atoms with Gasteiger partial charge < -0.3 is 10.3 Å². The van der Waals surface area contributed by atoms with Gasteiger partial charge in [0, 0.05) is 36.9 Å². The molecule has 1 atom stereocenters. The quantitative estimate of drug-likeness (QED) is 0.903. The second kappa shape index (κ2) is 5.34. The van der Waals surface area contributed by atoms with Crippen LogP contribution in [0.15, 0.2) is 36.7 Å². The van der Waals surface area contributed by atoms with Crippen LogP contribution in [-0.2, 0) is 19.9 Å². The van der Waals surface area contributed by atoms with Crippen molar-refractivity contribution in [2.24, 2.45) is 12.8 Å². The molecule has 1 aromatic heterocycles. The molecule has 1 heterocycles. The van der Waals surface area contributed by atoms with Crippen LogP contribution in [0, 0.1) is 0 Å². The van der Waals surface area contributed by atoms with Crippen LogP contribution in [0.5, 0.6) is 0 Å². The maximum atomic E-state index is 6.12. The number of rotatable bonds is 4. The fourth-order valence-electron chi connectivity index (χ4n) is 1.87. The molecule has 90 valence electrons. The van der Waals surface area contributed by atoms with Gasteiger partial charge in [0.05, 0.1) is 0 Å². The Balaban J connectivity index is 1.98. The van der Waals surface area contributed by atoms with E-state index in [9.17, 15) is 0 Å². The number of aryl methyl sites for hydroxylation is 1. The van der Waals surface area contributed by atoms with E-state index in [1.54, 1.807) is 6.20 Å². The summed E-state index contributed by atoms with van der Waals surface area (Å²) in [5.41, 5.74) is 7.29. The van der Waals surface area contributed by atoms with Crippen molar-refractivity contribution in [3.63, 3.8) is 0 Å². The largest absolute Gasteiger partial charge is 0.338 e. The van der Waals surface area contributed by atoms with E-state index < -0.39 is 0 Å². The molecule has 17 heavy (non-hydrogen) atoms. The molecule has 0 saturated heterocycles. The van der Waals surface area contributed by atoms with Crippen LogP contribution in [-0.4, -0.2) is 15.6 Å². The highest BCUT2D eigenvalue weighted by atomic mass is 35.5. The van der Waals surface area contributed by atoms with Gasteiger partial charge in [-0.15, -0.1) is 0 Å². The van der Waals surface area contributed by atoms with Crippen molar-refractivity contribution >= 4 is 11.6 Å². The zero-order valence-electron chi connectivity index (χ0n) is 9.81. The predicted octanol–water partition coefficient (Wildman–Crippen LogP) is 2.19. The van der Waals surface area contributed by atoms with Gasteiger partial charge in [0.25, 0.3) is 0 Å². The van der Waals surface area contributed by atoms with Gasteiger partial charge in [0.2, 0.25) is 0 Å². The van der Waals surface area contributed by atoms with E-state index >= 15 is 0 Å². The highest BCUT2D eigenvalue weighted by molar-refractivity contribution is 6.30. The first kappa shape index (κ1) is 12.1. The predicted molar refractivity (Wildman–Crippen MR) is 70.0 cm³/mol. The number of nitrogens with two attached hydrogens (primary N) is 1. The minimum atomic E-state index is 0.0644. The zero-order valence-corrected chi connectivity index (χ0v) is 10.6. The first-order valence-electron chi connectivity index (χ1n) is 5.61. The van der Waals surface area contributed by atoms with Gasteiger partial charge in [-0.3, -0.25) is 0 Å². The summed E-state index contributed by atoms with van der Waals surface area (Å²) in [5, 5.41) is 0.756. The lowest BCUT2D eigenvalue weighted by Crippen LogP contribution is -2.26. The van der Waals surface area contributed by atoms with Crippen molar-refractivity contribution in [2.45, 2.75) is 18.9 Å². The molecule has 0 saturated carbocycles. The van der Waals surface area contributed by atoms with Crippen LogP contribution in [0.4, 0.5) is 0 Å². The van der Waals surface area contributed by atoms with E-state index in [0.717, 1.165) is 23.7 Å². The van der Waals surface area contributed by atoms with Crippen LogP contribution in [0.1, 0.15) is 11.4 Å². The number of hydrogen-bond acceptors (Lipinski definition) is 2. The molecule has 0 aliphatic heterocycles. The Hall–Kier alpha value is -1.32. The van der Waals surface area contributed by atoms with Crippen molar-refractivity contribution in [3.8, 4) is 0 Å². The van der Waals surface area contributed by atoms with E-state index in [-0.39, 0.29) is 6.04 Å². The van der Waals surface area contributed by atoms with E-state index in [4.69, 9.17) is 17.3 Å². The summed E-state index contributed by atoms with van der Waals surface area (Å²) in [6.07, 6.45) is 5.31. The van der Waals surface area contributed by atoms with Gasteiger partial charge in [-0.2, -0.15) is 0 Å². The number of halogens is 1. The first-order chi connectivity index (χ1) is 8.15. The number of hydrogen-bond donors (Lipinski definition) is 1. The molecule has 0 radical (unpaired) electrons. The second-order valence-electron chi connectivity index (χ2n) is 4.25. The number of nitrogens with zero attached hydrogens (tertiary/aromatic N) is 2.